The topological polar surface area (TPSA) is 73.1 Å². The summed E-state index contributed by atoms with van der Waals surface area (Å²) >= 11 is 0. The number of hydrogen-bond donors (Lipinski definition) is 0. The molecule has 0 amide bonds. The summed E-state index contributed by atoms with van der Waals surface area (Å²) in [6.45, 7) is 3.16. The van der Waals surface area contributed by atoms with Crippen molar-refractivity contribution in [2.75, 3.05) is 26.9 Å². The maximum absolute atomic E-state index is 8.73. The predicted molar refractivity (Wildman–Crippen MR) is 94.4 cm³/mol. The van der Waals surface area contributed by atoms with Gasteiger partial charge in [-0.3, -0.25) is 0 Å². The Morgan fingerprint density at radius 1 is 1.04 bits per heavy atom. The maximum atomic E-state index is 8.73. The van der Waals surface area contributed by atoms with E-state index in [1.54, 1.807) is 37.6 Å². The van der Waals surface area contributed by atoms with Gasteiger partial charge in [0.2, 0.25) is 0 Å². The van der Waals surface area contributed by atoms with Gasteiger partial charge in [0.15, 0.2) is 18.1 Å². The largest absolute Gasteiger partial charge is 0.493 e. The summed E-state index contributed by atoms with van der Waals surface area (Å²) in [5.41, 5.74) is 1.44. The molecule has 2 rings (SSSR count). The fourth-order valence-electron chi connectivity index (χ4n) is 2.01. The molecule has 0 aliphatic carbocycles. The summed E-state index contributed by atoms with van der Waals surface area (Å²) in [4.78, 5) is 5.18. The third-order valence-corrected chi connectivity index (χ3v) is 3.19. The van der Waals surface area contributed by atoms with E-state index in [2.05, 4.69) is 11.2 Å². The van der Waals surface area contributed by atoms with Gasteiger partial charge in [-0.25, -0.2) is 0 Å². The Morgan fingerprint density at radius 2 is 1.84 bits per heavy atom. The molecular formula is C19H20N2O4. The van der Waals surface area contributed by atoms with E-state index in [1.807, 2.05) is 25.1 Å². The number of benzene rings is 2. The summed E-state index contributed by atoms with van der Waals surface area (Å²) in [6, 6.07) is 14.5. The third kappa shape index (κ3) is 5.74. The number of nitriles is 1. The van der Waals surface area contributed by atoms with Crippen molar-refractivity contribution >= 4 is 6.21 Å². The molecule has 2 aromatic rings. The van der Waals surface area contributed by atoms with Crippen molar-refractivity contribution in [1.29, 1.82) is 5.26 Å². The minimum absolute atomic E-state index is 0.310. The average Bonchev–Trinajstić information content (AvgIpc) is 2.66. The highest BCUT2D eigenvalue weighted by Crippen LogP contribution is 2.27. The molecule has 0 unspecified atom stereocenters. The smallest absolute Gasteiger partial charge is 0.161 e. The average molecular weight is 340 g/mol. The lowest BCUT2D eigenvalue weighted by molar-refractivity contribution is 0.108. The molecule has 6 heteroatoms. The lowest BCUT2D eigenvalue weighted by Crippen LogP contribution is -2.04. The van der Waals surface area contributed by atoms with Crippen molar-refractivity contribution in [1.82, 2.24) is 0 Å². The van der Waals surface area contributed by atoms with Crippen LogP contribution in [0.2, 0.25) is 0 Å². The molecule has 2 aromatic carbocycles. The number of nitrogens with zero attached hydrogens (tertiary/aromatic N) is 2. The van der Waals surface area contributed by atoms with E-state index >= 15 is 0 Å². The van der Waals surface area contributed by atoms with Crippen LogP contribution in [-0.4, -0.2) is 33.1 Å². The molecule has 130 valence electrons. The van der Waals surface area contributed by atoms with Gasteiger partial charge < -0.3 is 19.0 Å². The minimum Gasteiger partial charge on any atom is -0.493 e. The van der Waals surface area contributed by atoms with Crippen molar-refractivity contribution in [2.45, 2.75) is 6.92 Å². The maximum Gasteiger partial charge on any atom is 0.161 e. The number of rotatable bonds is 9. The normalized spacial score (nSPS) is 10.3. The molecule has 0 atom stereocenters. The standard InChI is InChI=1S/C19H20N2O4/c1-3-23-18-9-6-16(12-19(18)22-2)14-21-25-11-10-24-17-7-4-15(13-20)5-8-17/h4-9,12,14H,3,10-11H2,1-2H3/b21-14+. The van der Waals surface area contributed by atoms with Crippen LogP contribution >= 0.6 is 0 Å². The molecule has 0 saturated carbocycles. The van der Waals surface area contributed by atoms with E-state index in [0.717, 1.165) is 5.56 Å². The van der Waals surface area contributed by atoms with E-state index in [0.29, 0.717) is 42.6 Å². The van der Waals surface area contributed by atoms with Crippen LogP contribution in [0, 0.1) is 11.3 Å². The first kappa shape index (κ1) is 18.1. The number of ether oxygens (including phenoxy) is 3. The minimum atomic E-state index is 0.310. The summed E-state index contributed by atoms with van der Waals surface area (Å²) in [5.74, 6) is 2.02. The van der Waals surface area contributed by atoms with Gasteiger partial charge in [0.1, 0.15) is 12.4 Å². The Kier molecular flexibility index (Phi) is 7.13. The number of oxime groups is 1. The van der Waals surface area contributed by atoms with Crippen LogP contribution in [0.4, 0.5) is 0 Å². The van der Waals surface area contributed by atoms with Gasteiger partial charge in [-0.1, -0.05) is 5.16 Å². The van der Waals surface area contributed by atoms with E-state index in [1.165, 1.54) is 0 Å². The SMILES string of the molecule is CCOc1ccc(/C=N/OCCOc2ccc(C#N)cc2)cc1OC. The summed E-state index contributed by atoms with van der Waals surface area (Å²) in [7, 11) is 1.59. The second-order valence-electron chi connectivity index (χ2n) is 4.90. The Balaban J connectivity index is 1.76. The van der Waals surface area contributed by atoms with Crippen LogP contribution < -0.4 is 14.2 Å². The summed E-state index contributed by atoms with van der Waals surface area (Å²) in [5, 5.41) is 12.6. The third-order valence-electron chi connectivity index (χ3n) is 3.19. The van der Waals surface area contributed by atoms with E-state index < -0.39 is 0 Å². The molecule has 0 fully saturated rings. The van der Waals surface area contributed by atoms with Crippen LogP contribution in [0.3, 0.4) is 0 Å². The Bertz CT molecular complexity index is 736. The molecule has 6 nitrogen and oxygen atoms in total. The highest BCUT2D eigenvalue weighted by molar-refractivity contribution is 5.80. The van der Waals surface area contributed by atoms with Crippen molar-refractivity contribution in [2.24, 2.45) is 5.16 Å². The summed E-state index contributed by atoms with van der Waals surface area (Å²) < 4.78 is 16.2. The quantitative estimate of drug-likeness (QED) is 0.397. The zero-order valence-electron chi connectivity index (χ0n) is 14.3. The van der Waals surface area contributed by atoms with Gasteiger partial charge in [0.05, 0.1) is 31.6 Å². The van der Waals surface area contributed by atoms with Crippen LogP contribution in [0.15, 0.2) is 47.6 Å². The lowest BCUT2D eigenvalue weighted by Gasteiger charge is -2.09. The molecular weight excluding hydrogens is 320 g/mol. The number of methoxy groups -OCH3 is 1. The molecule has 0 aromatic heterocycles. The zero-order chi connectivity index (χ0) is 17.9. The van der Waals surface area contributed by atoms with Crippen LogP contribution in [0.1, 0.15) is 18.1 Å². The van der Waals surface area contributed by atoms with Crippen LogP contribution in [0.25, 0.3) is 0 Å². The Labute approximate surface area is 147 Å². The fraction of sp³-hybridized carbons (Fsp3) is 0.263. The summed E-state index contributed by atoms with van der Waals surface area (Å²) in [6.07, 6.45) is 1.60. The molecule has 0 heterocycles. The van der Waals surface area contributed by atoms with Gasteiger partial charge in [0.25, 0.3) is 0 Å². The van der Waals surface area contributed by atoms with Crippen molar-refractivity contribution in [3.05, 3.63) is 53.6 Å². The molecule has 25 heavy (non-hydrogen) atoms. The molecule has 0 radical (unpaired) electrons. The molecule has 0 aliphatic heterocycles. The second kappa shape index (κ2) is 9.83. The van der Waals surface area contributed by atoms with Gasteiger partial charge in [-0.2, -0.15) is 5.26 Å². The number of hydrogen-bond acceptors (Lipinski definition) is 6. The van der Waals surface area contributed by atoms with Crippen LogP contribution in [0.5, 0.6) is 17.2 Å². The molecule has 0 spiro atoms. The predicted octanol–water partition coefficient (Wildman–Crippen LogP) is 3.40. The Hall–Kier alpha value is -3.20. The van der Waals surface area contributed by atoms with Crippen LogP contribution in [-0.2, 0) is 4.84 Å². The fourth-order valence-corrected chi connectivity index (χ4v) is 2.01. The highest BCUT2D eigenvalue weighted by Gasteiger charge is 2.04. The first-order valence-corrected chi connectivity index (χ1v) is 7.86. The zero-order valence-corrected chi connectivity index (χ0v) is 14.3. The molecule has 0 N–H and O–H groups in total. The van der Waals surface area contributed by atoms with Gasteiger partial charge in [-0.15, -0.1) is 0 Å². The second-order valence-corrected chi connectivity index (χ2v) is 4.90. The van der Waals surface area contributed by atoms with Crippen molar-refractivity contribution in [3.63, 3.8) is 0 Å². The molecule has 0 bridgehead atoms. The van der Waals surface area contributed by atoms with E-state index in [9.17, 15) is 0 Å². The first-order chi connectivity index (χ1) is 12.3. The van der Waals surface area contributed by atoms with Gasteiger partial charge in [0, 0.05) is 5.56 Å². The van der Waals surface area contributed by atoms with Crippen molar-refractivity contribution in [3.8, 4) is 23.3 Å². The van der Waals surface area contributed by atoms with Gasteiger partial charge in [-0.05, 0) is 49.4 Å². The molecule has 0 aliphatic rings. The highest BCUT2D eigenvalue weighted by atomic mass is 16.6. The van der Waals surface area contributed by atoms with Gasteiger partial charge >= 0.3 is 0 Å². The first-order valence-electron chi connectivity index (χ1n) is 7.86. The van der Waals surface area contributed by atoms with E-state index in [4.69, 9.17) is 24.3 Å². The van der Waals surface area contributed by atoms with E-state index in [-0.39, 0.29) is 0 Å². The lowest BCUT2D eigenvalue weighted by atomic mass is 10.2. The monoisotopic (exact) mass is 340 g/mol. The Morgan fingerprint density at radius 3 is 2.52 bits per heavy atom. The molecule has 0 saturated heterocycles. The van der Waals surface area contributed by atoms with Crippen molar-refractivity contribution < 1.29 is 19.0 Å².